The number of ether oxygens (including phenoxy) is 1. The molecule has 0 aromatic rings. The molecule has 9 heavy (non-hydrogen) atoms. The molecule has 0 radical (unpaired) electrons. The number of rotatable bonds is 3. The first-order valence-corrected chi connectivity index (χ1v) is 5.12. The lowest BCUT2D eigenvalue weighted by Crippen LogP contribution is -2.10. The minimum atomic E-state index is -0.251. The van der Waals surface area contributed by atoms with Crippen LogP contribution < -0.4 is 0 Å². The number of carbonyl (C=O) groups excluding carboxylic acids is 1. The number of carbonyl (C=O) groups is 1. The second kappa shape index (κ2) is 5.68. The molecular formula is C4H5Br3O2. The molecule has 0 heterocycles. The Morgan fingerprint density at radius 3 is 2.44 bits per heavy atom. The maximum Gasteiger partial charge on any atom is 0.316 e. The summed E-state index contributed by atoms with van der Waals surface area (Å²) in [6.07, 6.45) is 0. The van der Waals surface area contributed by atoms with Crippen LogP contribution in [0.2, 0.25) is 0 Å². The summed E-state index contributed by atoms with van der Waals surface area (Å²) < 4.78 is 4.72. The van der Waals surface area contributed by atoms with Crippen LogP contribution in [0.25, 0.3) is 0 Å². The van der Waals surface area contributed by atoms with E-state index in [4.69, 9.17) is 0 Å². The molecule has 0 aliphatic rings. The summed E-state index contributed by atoms with van der Waals surface area (Å²) in [4.78, 5) is 10.4. The minimum absolute atomic E-state index is 0.0491. The van der Waals surface area contributed by atoms with Crippen molar-refractivity contribution in [3.05, 3.63) is 0 Å². The molecule has 0 saturated heterocycles. The zero-order valence-electron chi connectivity index (χ0n) is 4.44. The van der Waals surface area contributed by atoms with E-state index in [9.17, 15) is 4.79 Å². The number of halogens is 3. The number of hydrogen-bond donors (Lipinski definition) is 0. The summed E-state index contributed by atoms with van der Waals surface area (Å²) in [5, 5.41) is 0.250. The van der Waals surface area contributed by atoms with Crippen molar-refractivity contribution < 1.29 is 9.53 Å². The highest BCUT2D eigenvalue weighted by atomic mass is 79.9. The monoisotopic (exact) mass is 322 g/mol. The third kappa shape index (κ3) is 6.80. The summed E-state index contributed by atoms with van der Waals surface area (Å²) in [5.41, 5.74) is 0. The molecule has 0 aliphatic heterocycles. The van der Waals surface area contributed by atoms with Crippen LogP contribution in [0.5, 0.6) is 0 Å². The van der Waals surface area contributed by atoms with Crippen molar-refractivity contribution >= 4 is 53.8 Å². The van der Waals surface area contributed by atoms with Crippen LogP contribution in [0.4, 0.5) is 0 Å². The van der Waals surface area contributed by atoms with Crippen molar-refractivity contribution in [3.63, 3.8) is 0 Å². The molecular weight excluding hydrogens is 320 g/mol. The number of esters is 1. The quantitative estimate of drug-likeness (QED) is 0.586. The average Bonchev–Trinajstić information content (AvgIpc) is 1.83. The lowest BCUT2D eigenvalue weighted by Gasteiger charge is -2.01. The SMILES string of the molecule is O=C(CBr)OCC(Br)Br. The molecule has 0 aromatic carbocycles. The minimum Gasteiger partial charge on any atom is -0.463 e. The topological polar surface area (TPSA) is 26.3 Å². The Hall–Kier alpha value is 0.910. The normalized spacial score (nSPS) is 9.78. The van der Waals surface area contributed by atoms with Gasteiger partial charge in [-0.2, -0.15) is 0 Å². The Labute approximate surface area is 78.7 Å². The molecule has 0 saturated carbocycles. The Kier molecular flexibility index (Phi) is 6.25. The fourth-order valence-electron chi connectivity index (χ4n) is 0.195. The lowest BCUT2D eigenvalue weighted by molar-refractivity contribution is -0.139. The molecule has 0 N–H and O–H groups in total. The standard InChI is InChI=1S/C4H5Br3O2/c5-1-4(8)9-2-3(6)7/h3H,1-2H2. The van der Waals surface area contributed by atoms with Crippen molar-refractivity contribution in [1.82, 2.24) is 0 Å². The molecule has 0 aliphatic carbocycles. The Morgan fingerprint density at radius 2 is 2.11 bits per heavy atom. The van der Waals surface area contributed by atoms with Crippen molar-refractivity contribution in [1.29, 1.82) is 0 Å². The molecule has 2 nitrogen and oxygen atoms in total. The van der Waals surface area contributed by atoms with E-state index in [0.717, 1.165) is 0 Å². The molecule has 54 valence electrons. The van der Waals surface area contributed by atoms with E-state index < -0.39 is 0 Å². The van der Waals surface area contributed by atoms with Gasteiger partial charge in [0.05, 0.1) is 0 Å². The van der Waals surface area contributed by atoms with E-state index in [0.29, 0.717) is 6.61 Å². The first kappa shape index (κ1) is 9.91. The van der Waals surface area contributed by atoms with Gasteiger partial charge in [-0.25, -0.2) is 0 Å². The van der Waals surface area contributed by atoms with Crippen LogP contribution >= 0.6 is 47.8 Å². The molecule has 0 spiro atoms. The van der Waals surface area contributed by atoms with Crippen LogP contribution in [0.3, 0.4) is 0 Å². The predicted molar refractivity (Wildman–Crippen MR) is 46.4 cm³/mol. The van der Waals surface area contributed by atoms with Gasteiger partial charge in [0, 0.05) is 0 Å². The van der Waals surface area contributed by atoms with Gasteiger partial charge in [-0.1, -0.05) is 47.8 Å². The van der Waals surface area contributed by atoms with E-state index in [1.165, 1.54) is 0 Å². The van der Waals surface area contributed by atoms with E-state index in [1.54, 1.807) is 0 Å². The van der Waals surface area contributed by atoms with Crippen molar-refractivity contribution in [3.8, 4) is 0 Å². The maximum absolute atomic E-state index is 10.4. The molecule has 0 rings (SSSR count). The first-order valence-electron chi connectivity index (χ1n) is 2.16. The molecule has 0 unspecified atom stereocenters. The number of alkyl halides is 3. The van der Waals surface area contributed by atoms with Crippen LogP contribution in [-0.2, 0) is 9.53 Å². The van der Waals surface area contributed by atoms with Crippen molar-refractivity contribution in [2.45, 2.75) is 3.74 Å². The maximum atomic E-state index is 10.4. The van der Waals surface area contributed by atoms with Crippen molar-refractivity contribution in [2.75, 3.05) is 11.9 Å². The highest BCUT2D eigenvalue weighted by Crippen LogP contribution is 2.07. The Balaban J connectivity index is 3.17. The largest absolute Gasteiger partial charge is 0.463 e. The second-order valence-electron chi connectivity index (χ2n) is 1.21. The lowest BCUT2D eigenvalue weighted by atomic mass is 10.8. The van der Waals surface area contributed by atoms with E-state index in [-0.39, 0.29) is 15.0 Å². The highest BCUT2D eigenvalue weighted by molar-refractivity contribution is 9.24. The van der Waals surface area contributed by atoms with Gasteiger partial charge in [0.1, 0.15) is 15.7 Å². The predicted octanol–water partition coefficient (Wildman–Crippen LogP) is 2.04. The Bertz CT molecular complexity index is 93.8. The molecule has 0 fully saturated rings. The van der Waals surface area contributed by atoms with Gasteiger partial charge in [0.25, 0.3) is 0 Å². The summed E-state index contributed by atoms with van der Waals surface area (Å²) >= 11 is 9.27. The van der Waals surface area contributed by atoms with Gasteiger partial charge in [-0.05, 0) is 0 Å². The van der Waals surface area contributed by atoms with Crippen LogP contribution in [-0.4, -0.2) is 21.6 Å². The average molecular weight is 325 g/mol. The summed E-state index contributed by atoms with van der Waals surface area (Å²) in [6.45, 7) is 0.352. The van der Waals surface area contributed by atoms with Gasteiger partial charge in [-0.15, -0.1) is 0 Å². The zero-order chi connectivity index (χ0) is 7.28. The van der Waals surface area contributed by atoms with Crippen LogP contribution in [0.15, 0.2) is 0 Å². The van der Waals surface area contributed by atoms with Gasteiger partial charge < -0.3 is 4.74 Å². The first-order chi connectivity index (χ1) is 4.16. The zero-order valence-corrected chi connectivity index (χ0v) is 9.20. The van der Waals surface area contributed by atoms with Gasteiger partial charge in [0.15, 0.2) is 0 Å². The third-order valence-electron chi connectivity index (χ3n) is 0.479. The summed E-state index contributed by atoms with van der Waals surface area (Å²) in [6, 6.07) is 0. The van der Waals surface area contributed by atoms with E-state index in [2.05, 4.69) is 52.5 Å². The molecule has 5 heteroatoms. The fourth-order valence-corrected chi connectivity index (χ4v) is 0.621. The fraction of sp³-hybridized carbons (Fsp3) is 0.750. The summed E-state index contributed by atoms with van der Waals surface area (Å²) in [7, 11) is 0. The number of hydrogen-bond acceptors (Lipinski definition) is 2. The second-order valence-corrected chi connectivity index (χ2v) is 5.21. The van der Waals surface area contributed by atoms with Crippen LogP contribution in [0.1, 0.15) is 0 Å². The van der Waals surface area contributed by atoms with Gasteiger partial charge in [-0.3, -0.25) is 4.79 Å². The summed E-state index contributed by atoms with van der Waals surface area (Å²) in [5.74, 6) is -0.251. The Morgan fingerprint density at radius 1 is 1.56 bits per heavy atom. The molecule has 0 aromatic heterocycles. The van der Waals surface area contributed by atoms with Crippen LogP contribution in [0, 0.1) is 0 Å². The van der Waals surface area contributed by atoms with Crippen molar-refractivity contribution in [2.24, 2.45) is 0 Å². The van der Waals surface area contributed by atoms with E-state index in [1.807, 2.05) is 0 Å². The van der Waals surface area contributed by atoms with E-state index >= 15 is 0 Å². The van der Waals surface area contributed by atoms with Gasteiger partial charge in [0.2, 0.25) is 0 Å². The molecule has 0 atom stereocenters. The third-order valence-corrected chi connectivity index (χ3v) is 1.47. The van der Waals surface area contributed by atoms with Gasteiger partial charge >= 0.3 is 5.97 Å². The molecule has 0 bridgehead atoms. The molecule has 0 amide bonds. The highest BCUT2D eigenvalue weighted by Gasteiger charge is 2.02. The smallest absolute Gasteiger partial charge is 0.316 e.